The lowest BCUT2D eigenvalue weighted by molar-refractivity contribution is -0.117. The number of ether oxygens (including phenoxy) is 2. The summed E-state index contributed by atoms with van der Waals surface area (Å²) in [6.45, 7) is 0.477. The van der Waals surface area contributed by atoms with E-state index < -0.39 is 5.91 Å². The summed E-state index contributed by atoms with van der Waals surface area (Å²) in [7, 11) is 1.58. The maximum atomic E-state index is 12.2. The van der Waals surface area contributed by atoms with Crippen molar-refractivity contribution in [3.05, 3.63) is 65.1 Å². The molecular weight excluding hydrogens is 320 g/mol. The maximum absolute atomic E-state index is 12.2. The Hall–Kier alpha value is -3.46. The number of nitrogens with zero attached hydrogens (tertiary/aromatic N) is 1. The minimum atomic E-state index is -0.462. The van der Waals surface area contributed by atoms with Crippen LogP contribution < -0.4 is 14.8 Å². The zero-order valence-electron chi connectivity index (χ0n) is 13.6. The molecule has 0 fully saturated rings. The number of carbonyl (C=O) groups excluding carboxylic acids is 1. The Morgan fingerprint density at radius 3 is 3.00 bits per heavy atom. The Morgan fingerprint density at radius 1 is 1.40 bits per heavy atom. The average molecular weight is 336 g/mol. The van der Waals surface area contributed by atoms with E-state index in [2.05, 4.69) is 5.32 Å². The summed E-state index contributed by atoms with van der Waals surface area (Å²) >= 11 is 0. The summed E-state index contributed by atoms with van der Waals surface area (Å²) in [5, 5.41) is 11.9. The maximum Gasteiger partial charge on any atom is 0.262 e. The number of nitrogens with one attached hydrogen (secondary N) is 1. The van der Waals surface area contributed by atoms with E-state index in [9.17, 15) is 10.1 Å². The third-order valence-corrected chi connectivity index (χ3v) is 3.65. The summed E-state index contributed by atoms with van der Waals surface area (Å²) < 4.78 is 16.1. The second kappa shape index (κ2) is 7.41. The van der Waals surface area contributed by atoms with Gasteiger partial charge in [0.1, 0.15) is 24.0 Å². The van der Waals surface area contributed by atoms with Crippen LogP contribution in [0.2, 0.25) is 0 Å². The molecule has 0 spiro atoms. The molecule has 0 aliphatic carbocycles. The summed E-state index contributed by atoms with van der Waals surface area (Å²) in [4.78, 5) is 12.2. The van der Waals surface area contributed by atoms with Gasteiger partial charge in [-0.3, -0.25) is 4.79 Å². The first kappa shape index (κ1) is 16.4. The van der Waals surface area contributed by atoms with E-state index in [-0.39, 0.29) is 18.7 Å². The molecule has 0 bridgehead atoms. The number of carbonyl (C=O) groups is 1. The third kappa shape index (κ3) is 3.72. The van der Waals surface area contributed by atoms with Gasteiger partial charge in [-0.1, -0.05) is 12.1 Å². The lowest BCUT2D eigenvalue weighted by Crippen LogP contribution is -2.24. The minimum Gasteiger partial charge on any atom is -0.493 e. The number of hydrogen-bond acceptors (Lipinski definition) is 5. The molecular formula is C19H16N2O4. The molecule has 1 aromatic carbocycles. The molecule has 2 heterocycles. The van der Waals surface area contributed by atoms with Crippen LogP contribution in [-0.2, 0) is 11.3 Å². The summed E-state index contributed by atoms with van der Waals surface area (Å²) in [5.41, 5.74) is 1.57. The van der Waals surface area contributed by atoms with Crippen LogP contribution in [0.15, 0.2) is 58.2 Å². The molecule has 1 aliphatic heterocycles. The van der Waals surface area contributed by atoms with Gasteiger partial charge in [-0.15, -0.1) is 0 Å². The van der Waals surface area contributed by atoms with Gasteiger partial charge in [0.05, 0.1) is 19.9 Å². The molecule has 126 valence electrons. The molecule has 2 aromatic rings. The molecule has 0 atom stereocenters. The minimum absolute atomic E-state index is 0.00718. The fraction of sp³-hybridized carbons (Fsp3) is 0.158. The normalized spacial score (nSPS) is 13.1. The van der Waals surface area contributed by atoms with Gasteiger partial charge in [0.25, 0.3) is 5.91 Å². The molecule has 6 nitrogen and oxygen atoms in total. The van der Waals surface area contributed by atoms with Crippen molar-refractivity contribution >= 4 is 12.0 Å². The first-order chi connectivity index (χ1) is 12.2. The van der Waals surface area contributed by atoms with E-state index in [1.807, 2.05) is 30.3 Å². The predicted molar refractivity (Wildman–Crippen MR) is 90.7 cm³/mol. The smallest absolute Gasteiger partial charge is 0.262 e. The number of nitriles is 1. The SMILES string of the molecule is COc1cccc2c1OCC(C=C(C#N)C(=O)NCc1ccco1)=C2. The number of furan rings is 1. The van der Waals surface area contributed by atoms with Crippen molar-refractivity contribution in [2.45, 2.75) is 6.54 Å². The van der Waals surface area contributed by atoms with Gasteiger partial charge in [0.15, 0.2) is 11.5 Å². The first-order valence-electron chi connectivity index (χ1n) is 7.64. The van der Waals surface area contributed by atoms with Crippen LogP contribution in [0.1, 0.15) is 11.3 Å². The highest BCUT2D eigenvalue weighted by molar-refractivity contribution is 5.98. The molecule has 0 saturated carbocycles. The molecule has 25 heavy (non-hydrogen) atoms. The third-order valence-electron chi connectivity index (χ3n) is 3.65. The van der Waals surface area contributed by atoms with Crippen molar-refractivity contribution < 1.29 is 18.7 Å². The van der Waals surface area contributed by atoms with Crippen LogP contribution in [-0.4, -0.2) is 19.6 Å². The fourth-order valence-corrected chi connectivity index (χ4v) is 2.45. The lowest BCUT2D eigenvalue weighted by atomic mass is 10.0. The van der Waals surface area contributed by atoms with Gasteiger partial charge in [0, 0.05) is 5.56 Å². The van der Waals surface area contributed by atoms with Crippen LogP contribution in [0.5, 0.6) is 11.5 Å². The second-order valence-electron chi connectivity index (χ2n) is 5.32. The van der Waals surface area contributed by atoms with Crippen molar-refractivity contribution in [3.63, 3.8) is 0 Å². The monoisotopic (exact) mass is 336 g/mol. The van der Waals surface area contributed by atoms with Crippen LogP contribution in [0.4, 0.5) is 0 Å². The van der Waals surface area contributed by atoms with Gasteiger partial charge >= 0.3 is 0 Å². The Labute approximate surface area is 145 Å². The number of rotatable bonds is 5. The van der Waals surface area contributed by atoms with Gasteiger partial charge in [0.2, 0.25) is 0 Å². The number of hydrogen-bond donors (Lipinski definition) is 1. The van der Waals surface area contributed by atoms with E-state index in [0.29, 0.717) is 17.3 Å². The molecule has 6 heteroatoms. The fourth-order valence-electron chi connectivity index (χ4n) is 2.45. The molecule has 1 amide bonds. The van der Waals surface area contributed by atoms with Crippen LogP contribution >= 0.6 is 0 Å². The number of benzene rings is 1. The van der Waals surface area contributed by atoms with Gasteiger partial charge in [-0.05, 0) is 35.9 Å². The summed E-state index contributed by atoms with van der Waals surface area (Å²) in [5.74, 6) is 1.46. The molecule has 1 aliphatic rings. The highest BCUT2D eigenvalue weighted by Gasteiger charge is 2.17. The van der Waals surface area contributed by atoms with Crippen molar-refractivity contribution in [2.75, 3.05) is 13.7 Å². The van der Waals surface area contributed by atoms with Crippen LogP contribution in [0.3, 0.4) is 0 Å². The highest BCUT2D eigenvalue weighted by atomic mass is 16.5. The van der Waals surface area contributed by atoms with E-state index >= 15 is 0 Å². The Balaban J connectivity index is 1.76. The topological polar surface area (TPSA) is 84.5 Å². The van der Waals surface area contributed by atoms with E-state index in [4.69, 9.17) is 13.9 Å². The first-order valence-corrected chi connectivity index (χ1v) is 7.64. The zero-order valence-corrected chi connectivity index (χ0v) is 13.6. The number of fused-ring (bicyclic) bond motifs is 1. The average Bonchev–Trinajstić information content (AvgIpc) is 3.17. The standard InChI is InChI=1S/C19H16N2O4/c1-23-17-6-2-4-14-8-13(12-25-18(14)17)9-15(10-20)19(22)21-11-16-5-3-7-24-16/h2-9H,11-12H2,1H3,(H,21,22). The predicted octanol–water partition coefficient (Wildman–Crippen LogP) is 2.83. The van der Waals surface area contributed by atoms with Crippen molar-refractivity contribution in [3.8, 4) is 17.6 Å². The molecule has 3 rings (SSSR count). The lowest BCUT2D eigenvalue weighted by Gasteiger charge is -2.18. The molecule has 1 N–H and O–H groups in total. The van der Waals surface area contributed by atoms with Crippen molar-refractivity contribution in [1.82, 2.24) is 5.32 Å². The zero-order chi connectivity index (χ0) is 17.6. The van der Waals surface area contributed by atoms with E-state index in [1.165, 1.54) is 12.3 Å². The Kier molecular flexibility index (Phi) is 4.86. The van der Waals surface area contributed by atoms with Crippen molar-refractivity contribution in [2.24, 2.45) is 0 Å². The van der Waals surface area contributed by atoms with Gasteiger partial charge in [-0.25, -0.2) is 0 Å². The number of methoxy groups -OCH3 is 1. The van der Waals surface area contributed by atoms with E-state index in [0.717, 1.165) is 11.1 Å². The number of amides is 1. The summed E-state index contributed by atoms with van der Waals surface area (Å²) in [6.07, 6.45) is 4.93. The molecule has 1 aromatic heterocycles. The van der Waals surface area contributed by atoms with Gasteiger partial charge < -0.3 is 19.2 Å². The number of para-hydroxylation sites is 1. The van der Waals surface area contributed by atoms with Crippen molar-refractivity contribution in [1.29, 1.82) is 5.26 Å². The summed E-state index contributed by atoms with van der Waals surface area (Å²) in [6, 6.07) is 11.0. The largest absolute Gasteiger partial charge is 0.493 e. The van der Waals surface area contributed by atoms with E-state index in [1.54, 1.807) is 19.2 Å². The van der Waals surface area contributed by atoms with Crippen LogP contribution in [0.25, 0.3) is 6.08 Å². The Morgan fingerprint density at radius 2 is 2.28 bits per heavy atom. The molecule has 0 unspecified atom stereocenters. The molecule has 0 radical (unpaired) electrons. The second-order valence-corrected chi connectivity index (χ2v) is 5.32. The van der Waals surface area contributed by atoms with Crippen LogP contribution in [0, 0.1) is 11.3 Å². The molecule has 0 saturated heterocycles. The van der Waals surface area contributed by atoms with Gasteiger partial charge in [-0.2, -0.15) is 5.26 Å². The highest BCUT2D eigenvalue weighted by Crippen LogP contribution is 2.35. The Bertz CT molecular complexity index is 873. The quantitative estimate of drug-likeness (QED) is 0.670.